The van der Waals surface area contributed by atoms with Gasteiger partial charge in [0.15, 0.2) is 0 Å². The van der Waals surface area contributed by atoms with E-state index in [4.69, 9.17) is 4.74 Å². The van der Waals surface area contributed by atoms with E-state index in [-0.39, 0.29) is 17.1 Å². The summed E-state index contributed by atoms with van der Waals surface area (Å²) in [5, 5.41) is 21.3. The molecule has 33 heavy (non-hydrogen) atoms. The highest BCUT2D eigenvalue weighted by Gasteiger charge is 2.46. The Morgan fingerprint density at radius 2 is 1.82 bits per heavy atom. The predicted octanol–water partition coefficient (Wildman–Crippen LogP) is 3.86. The second kappa shape index (κ2) is 10.5. The van der Waals surface area contributed by atoms with Crippen LogP contribution < -0.4 is 4.74 Å². The van der Waals surface area contributed by atoms with Crippen LogP contribution in [-0.4, -0.2) is 64.5 Å². The number of aliphatic hydroxyl groups excluding tert-OH is 1. The molecule has 0 radical (unpaired) electrons. The summed E-state index contributed by atoms with van der Waals surface area (Å²) in [7, 11) is 0. The molecule has 0 spiro atoms. The number of likely N-dealkylation sites (tertiary alicyclic amines) is 1. The third-order valence-corrected chi connectivity index (χ3v) is 6.03. The summed E-state index contributed by atoms with van der Waals surface area (Å²) >= 11 is 0. The topological polar surface area (TPSA) is 90.3 Å². The minimum absolute atomic E-state index is 0.0220. The largest absolute Gasteiger partial charge is 0.508 e. The van der Waals surface area contributed by atoms with Gasteiger partial charge in [0, 0.05) is 18.7 Å². The molecule has 0 aliphatic carbocycles. The first-order valence-corrected chi connectivity index (χ1v) is 11.4. The van der Waals surface area contributed by atoms with Crippen molar-refractivity contribution in [2.45, 2.75) is 33.7 Å². The fraction of sp³-hybridized carbons (Fsp3) is 0.385. The maximum absolute atomic E-state index is 13.1. The van der Waals surface area contributed by atoms with Crippen molar-refractivity contribution in [3.05, 3.63) is 64.7 Å². The number of carbonyl (C=O) groups excluding carboxylic acids is 2. The van der Waals surface area contributed by atoms with E-state index in [1.165, 1.54) is 17.0 Å². The Hall–Kier alpha value is -3.32. The number of aryl methyl sites for hydroxylation is 1. The van der Waals surface area contributed by atoms with E-state index in [0.717, 1.165) is 18.7 Å². The summed E-state index contributed by atoms with van der Waals surface area (Å²) in [4.78, 5) is 29.8. The molecule has 1 heterocycles. The number of phenols is 1. The number of Topliss-reactive ketones (excluding diaryl/α,β-unsaturated/α-hetero) is 1. The summed E-state index contributed by atoms with van der Waals surface area (Å²) < 4.78 is 5.57. The van der Waals surface area contributed by atoms with Crippen LogP contribution in [0.5, 0.6) is 11.5 Å². The van der Waals surface area contributed by atoms with Gasteiger partial charge in [-0.25, -0.2) is 0 Å². The van der Waals surface area contributed by atoms with Crippen molar-refractivity contribution in [3.63, 3.8) is 0 Å². The zero-order valence-electron chi connectivity index (χ0n) is 19.7. The highest BCUT2D eigenvalue weighted by Crippen LogP contribution is 2.40. The number of ether oxygens (including phenoxy) is 1. The Morgan fingerprint density at radius 3 is 2.42 bits per heavy atom. The molecule has 3 rings (SSSR count). The number of aliphatic hydroxyl groups is 1. The van der Waals surface area contributed by atoms with Gasteiger partial charge >= 0.3 is 0 Å². The Morgan fingerprint density at radius 1 is 1.09 bits per heavy atom. The second-order valence-electron chi connectivity index (χ2n) is 8.03. The average molecular weight is 453 g/mol. The number of carbonyl (C=O) groups is 2. The molecule has 2 aromatic rings. The van der Waals surface area contributed by atoms with Gasteiger partial charge < -0.3 is 24.7 Å². The van der Waals surface area contributed by atoms with Crippen LogP contribution in [0, 0.1) is 6.92 Å². The van der Waals surface area contributed by atoms with Crippen LogP contribution in [0.3, 0.4) is 0 Å². The molecule has 176 valence electrons. The van der Waals surface area contributed by atoms with Gasteiger partial charge in [0.05, 0.1) is 18.2 Å². The van der Waals surface area contributed by atoms with Crippen molar-refractivity contribution in [2.75, 3.05) is 32.8 Å². The average Bonchev–Trinajstić information content (AvgIpc) is 3.05. The van der Waals surface area contributed by atoms with Crippen molar-refractivity contribution in [3.8, 4) is 11.5 Å². The zero-order valence-corrected chi connectivity index (χ0v) is 19.7. The van der Waals surface area contributed by atoms with Crippen molar-refractivity contribution < 1.29 is 24.5 Å². The van der Waals surface area contributed by atoms with Gasteiger partial charge in [-0.1, -0.05) is 26.0 Å². The summed E-state index contributed by atoms with van der Waals surface area (Å²) in [5.41, 5.74) is 1.83. The highest BCUT2D eigenvalue weighted by atomic mass is 16.5. The number of nitrogens with zero attached hydrogens (tertiary/aromatic N) is 2. The quantitative estimate of drug-likeness (QED) is 0.341. The molecule has 2 aromatic carbocycles. The number of benzene rings is 2. The van der Waals surface area contributed by atoms with Crippen molar-refractivity contribution in [1.29, 1.82) is 0 Å². The van der Waals surface area contributed by atoms with Gasteiger partial charge in [-0.05, 0) is 68.4 Å². The normalized spacial score (nSPS) is 17.7. The smallest absolute Gasteiger partial charge is 0.295 e. The van der Waals surface area contributed by atoms with Gasteiger partial charge in [-0.3, -0.25) is 9.59 Å². The lowest BCUT2D eigenvalue weighted by Crippen LogP contribution is -2.38. The zero-order chi connectivity index (χ0) is 24.1. The molecule has 1 unspecified atom stereocenters. The molecule has 0 saturated carbocycles. The molecule has 2 N–H and O–H groups in total. The third-order valence-electron chi connectivity index (χ3n) is 6.03. The number of aromatic hydroxyl groups is 1. The predicted molar refractivity (Wildman–Crippen MR) is 127 cm³/mol. The van der Waals surface area contributed by atoms with Gasteiger partial charge in [-0.15, -0.1) is 0 Å². The van der Waals surface area contributed by atoms with Gasteiger partial charge in [-0.2, -0.15) is 0 Å². The summed E-state index contributed by atoms with van der Waals surface area (Å²) in [6.07, 6.45) is 0. The fourth-order valence-electron chi connectivity index (χ4n) is 4.21. The van der Waals surface area contributed by atoms with Crippen molar-refractivity contribution >= 4 is 17.4 Å². The summed E-state index contributed by atoms with van der Waals surface area (Å²) in [6, 6.07) is 10.8. The van der Waals surface area contributed by atoms with Crippen LogP contribution in [0.25, 0.3) is 5.76 Å². The maximum atomic E-state index is 13.1. The van der Waals surface area contributed by atoms with E-state index in [1.807, 2.05) is 27.7 Å². The molecule has 1 amide bonds. The van der Waals surface area contributed by atoms with Crippen LogP contribution in [0.2, 0.25) is 0 Å². The number of amides is 1. The lowest BCUT2D eigenvalue weighted by molar-refractivity contribution is -0.140. The first kappa shape index (κ1) is 24.3. The molecule has 1 saturated heterocycles. The third kappa shape index (κ3) is 5.03. The van der Waals surface area contributed by atoms with Gasteiger partial charge in [0.2, 0.25) is 0 Å². The number of hydrogen-bond acceptors (Lipinski definition) is 6. The lowest BCUT2D eigenvalue weighted by atomic mass is 9.94. The Bertz CT molecular complexity index is 1060. The number of rotatable bonds is 9. The molecule has 1 fully saturated rings. The first-order valence-electron chi connectivity index (χ1n) is 11.4. The van der Waals surface area contributed by atoms with E-state index in [9.17, 15) is 19.8 Å². The fourth-order valence-corrected chi connectivity index (χ4v) is 4.21. The Kier molecular flexibility index (Phi) is 7.76. The van der Waals surface area contributed by atoms with Gasteiger partial charge in [0.1, 0.15) is 17.3 Å². The van der Waals surface area contributed by atoms with Crippen LogP contribution in [0.1, 0.15) is 43.5 Å². The number of ketones is 1. The molecular weight excluding hydrogens is 420 g/mol. The minimum atomic E-state index is -0.792. The van der Waals surface area contributed by atoms with E-state index in [0.29, 0.717) is 36.6 Å². The van der Waals surface area contributed by atoms with Crippen LogP contribution in [0.15, 0.2) is 48.0 Å². The van der Waals surface area contributed by atoms with E-state index < -0.39 is 17.7 Å². The lowest BCUT2D eigenvalue weighted by Gasteiger charge is -2.28. The first-order chi connectivity index (χ1) is 15.8. The molecule has 0 bridgehead atoms. The maximum Gasteiger partial charge on any atom is 0.295 e. The SMILES string of the molecule is CCOc1ccc(/C(O)=C2/C(=O)C(=O)N(CCN(CC)CC)C2c2cccc(O)c2)cc1C. The van der Waals surface area contributed by atoms with Crippen LogP contribution in [0.4, 0.5) is 0 Å². The molecule has 1 atom stereocenters. The molecule has 7 nitrogen and oxygen atoms in total. The van der Waals surface area contributed by atoms with Gasteiger partial charge in [0.25, 0.3) is 11.7 Å². The second-order valence-corrected chi connectivity index (χ2v) is 8.03. The molecule has 1 aliphatic rings. The monoisotopic (exact) mass is 452 g/mol. The van der Waals surface area contributed by atoms with E-state index in [2.05, 4.69) is 4.90 Å². The Labute approximate surface area is 194 Å². The van der Waals surface area contributed by atoms with Crippen LogP contribution in [-0.2, 0) is 9.59 Å². The summed E-state index contributed by atoms with van der Waals surface area (Å²) in [5.74, 6) is -0.901. The number of likely N-dealkylation sites (N-methyl/N-ethyl adjacent to an activating group) is 1. The summed E-state index contributed by atoms with van der Waals surface area (Å²) in [6.45, 7) is 10.9. The standard InChI is InChI=1S/C26H32N2O5/c1-5-27(6-2)13-14-28-23(18-9-8-10-20(29)16-18)22(25(31)26(28)32)24(30)19-11-12-21(33-7-3)17(4)15-19/h8-12,15-16,23,29-30H,5-7,13-14H2,1-4H3/b24-22-. The highest BCUT2D eigenvalue weighted by molar-refractivity contribution is 6.46. The molecular formula is C26H32N2O5. The minimum Gasteiger partial charge on any atom is -0.508 e. The molecule has 1 aliphatic heterocycles. The number of phenolic OH excluding ortho intramolecular Hbond substituents is 1. The van der Waals surface area contributed by atoms with Crippen molar-refractivity contribution in [2.24, 2.45) is 0 Å². The van der Waals surface area contributed by atoms with E-state index >= 15 is 0 Å². The molecule has 7 heteroatoms. The Balaban J connectivity index is 2.10. The van der Waals surface area contributed by atoms with E-state index in [1.54, 1.807) is 30.3 Å². The van der Waals surface area contributed by atoms with Crippen molar-refractivity contribution in [1.82, 2.24) is 9.80 Å². The van der Waals surface area contributed by atoms with Crippen LogP contribution >= 0.6 is 0 Å². The molecule has 0 aromatic heterocycles. The number of hydrogen-bond donors (Lipinski definition) is 2.